The maximum absolute atomic E-state index is 12.9. The van der Waals surface area contributed by atoms with Crippen LogP contribution in [0.3, 0.4) is 0 Å². The van der Waals surface area contributed by atoms with Gasteiger partial charge in [-0.2, -0.15) is 0 Å². The number of benzene rings is 1. The summed E-state index contributed by atoms with van der Waals surface area (Å²) in [5.74, 6) is -0.320. The van der Waals surface area contributed by atoms with E-state index in [0.29, 0.717) is 16.9 Å². The monoisotopic (exact) mass is 260 g/mol. The Balaban J connectivity index is 2.30. The molecule has 19 heavy (non-hydrogen) atoms. The highest BCUT2D eigenvalue weighted by molar-refractivity contribution is 5.90. The van der Waals surface area contributed by atoms with E-state index in [0.717, 1.165) is 0 Å². The Morgan fingerprint density at radius 2 is 2.05 bits per heavy atom. The van der Waals surface area contributed by atoms with Crippen LogP contribution in [-0.4, -0.2) is 17.7 Å². The van der Waals surface area contributed by atoms with E-state index < -0.39 is 6.09 Å². The van der Waals surface area contributed by atoms with Crippen molar-refractivity contribution in [2.24, 2.45) is 0 Å². The van der Waals surface area contributed by atoms with E-state index in [1.165, 1.54) is 12.1 Å². The van der Waals surface area contributed by atoms with Crippen molar-refractivity contribution >= 4 is 11.8 Å². The van der Waals surface area contributed by atoms with Crippen LogP contribution >= 0.6 is 0 Å². The van der Waals surface area contributed by atoms with Crippen molar-refractivity contribution in [3.63, 3.8) is 0 Å². The molecule has 0 fully saturated rings. The summed E-state index contributed by atoms with van der Waals surface area (Å²) in [4.78, 5) is 15.6. The van der Waals surface area contributed by atoms with Gasteiger partial charge in [-0.3, -0.25) is 10.3 Å². The summed E-state index contributed by atoms with van der Waals surface area (Å²) in [6, 6.07) is 9.31. The van der Waals surface area contributed by atoms with Crippen molar-refractivity contribution in [2.45, 2.75) is 6.92 Å². The molecule has 0 atom stereocenters. The van der Waals surface area contributed by atoms with Gasteiger partial charge in [0, 0.05) is 11.8 Å². The van der Waals surface area contributed by atoms with Crippen LogP contribution in [-0.2, 0) is 4.74 Å². The van der Waals surface area contributed by atoms with Crippen LogP contribution < -0.4 is 5.32 Å². The number of hydrogen-bond donors (Lipinski definition) is 1. The van der Waals surface area contributed by atoms with Crippen molar-refractivity contribution < 1.29 is 13.9 Å². The van der Waals surface area contributed by atoms with E-state index in [9.17, 15) is 9.18 Å². The zero-order valence-electron chi connectivity index (χ0n) is 10.4. The average molecular weight is 260 g/mol. The van der Waals surface area contributed by atoms with Gasteiger partial charge in [0.2, 0.25) is 0 Å². The molecule has 5 heteroatoms. The van der Waals surface area contributed by atoms with Gasteiger partial charge in [-0.15, -0.1) is 0 Å². The Bertz CT molecular complexity index is 570. The highest BCUT2D eigenvalue weighted by Gasteiger charge is 2.09. The van der Waals surface area contributed by atoms with E-state index >= 15 is 0 Å². The summed E-state index contributed by atoms with van der Waals surface area (Å²) in [5.41, 5.74) is 1.80. The molecule has 0 aliphatic carbocycles. The van der Waals surface area contributed by atoms with Crippen LogP contribution in [0.2, 0.25) is 0 Å². The number of carbonyl (C=O) groups is 1. The largest absolute Gasteiger partial charge is 0.450 e. The normalized spacial score (nSPS) is 10.0. The van der Waals surface area contributed by atoms with E-state index in [-0.39, 0.29) is 12.4 Å². The van der Waals surface area contributed by atoms with E-state index in [1.807, 2.05) is 0 Å². The smallest absolute Gasteiger partial charge is 0.411 e. The maximum Gasteiger partial charge on any atom is 0.411 e. The molecule has 1 amide bonds. The number of nitrogens with one attached hydrogen (secondary N) is 1. The first kappa shape index (κ1) is 13.0. The quantitative estimate of drug-likeness (QED) is 0.919. The number of rotatable bonds is 3. The van der Waals surface area contributed by atoms with Gasteiger partial charge in [-0.25, -0.2) is 9.18 Å². The molecular weight excluding hydrogens is 247 g/mol. The lowest BCUT2D eigenvalue weighted by Gasteiger charge is -2.09. The van der Waals surface area contributed by atoms with Crippen LogP contribution in [0.15, 0.2) is 42.6 Å². The Morgan fingerprint density at radius 3 is 2.74 bits per heavy atom. The molecule has 0 unspecified atom stereocenters. The summed E-state index contributed by atoms with van der Waals surface area (Å²) < 4.78 is 17.7. The van der Waals surface area contributed by atoms with Gasteiger partial charge >= 0.3 is 6.09 Å². The van der Waals surface area contributed by atoms with Gasteiger partial charge in [0.15, 0.2) is 0 Å². The van der Waals surface area contributed by atoms with Crippen molar-refractivity contribution in [2.75, 3.05) is 11.9 Å². The highest BCUT2D eigenvalue weighted by Crippen LogP contribution is 2.25. The van der Waals surface area contributed by atoms with Gasteiger partial charge in [0.25, 0.3) is 0 Å². The number of anilines is 1. The van der Waals surface area contributed by atoms with E-state index in [1.54, 1.807) is 37.4 Å². The molecule has 0 radical (unpaired) electrons. The third-order valence-corrected chi connectivity index (χ3v) is 2.44. The highest BCUT2D eigenvalue weighted by atomic mass is 19.1. The molecule has 4 nitrogen and oxygen atoms in total. The SMILES string of the molecule is CCOC(=O)Nc1cccnc1-c1ccc(F)cc1. The Labute approximate surface area is 110 Å². The Kier molecular flexibility index (Phi) is 4.07. The second-order valence-corrected chi connectivity index (χ2v) is 3.75. The number of ether oxygens (including phenoxy) is 1. The Morgan fingerprint density at radius 1 is 1.32 bits per heavy atom. The van der Waals surface area contributed by atoms with Crippen LogP contribution in [0.1, 0.15) is 6.92 Å². The lowest BCUT2D eigenvalue weighted by molar-refractivity contribution is 0.168. The number of hydrogen-bond acceptors (Lipinski definition) is 3. The molecule has 0 spiro atoms. The van der Waals surface area contributed by atoms with E-state index in [4.69, 9.17) is 4.74 Å². The minimum atomic E-state index is -0.543. The molecule has 0 aliphatic heterocycles. The van der Waals surface area contributed by atoms with Crippen LogP contribution in [0.5, 0.6) is 0 Å². The predicted molar refractivity (Wildman–Crippen MR) is 70.3 cm³/mol. The third kappa shape index (κ3) is 3.28. The van der Waals surface area contributed by atoms with Gasteiger partial charge < -0.3 is 4.74 Å². The molecule has 0 bridgehead atoms. The summed E-state index contributed by atoms with van der Waals surface area (Å²) in [6.45, 7) is 2.02. The standard InChI is InChI=1S/C14H13FN2O2/c1-2-19-14(18)17-12-4-3-9-16-13(12)10-5-7-11(15)8-6-10/h3-9H,2H2,1H3,(H,17,18). The summed E-state index contributed by atoms with van der Waals surface area (Å²) >= 11 is 0. The zero-order chi connectivity index (χ0) is 13.7. The molecular formula is C14H13FN2O2. The van der Waals surface area contributed by atoms with Gasteiger partial charge in [0.1, 0.15) is 5.82 Å². The molecule has 1 aromatic carbocycles. The van der Waals surface area contributed by atoms with Crippen molar-refractivity contribution in [1.82, 2.24) is 4.98 Å². The second-order valence-electron chi connectivity index (χ2n) is 3.75. The number of amides is 1. The summed E-state index contributed by atoms with van der Waals surface area (Å²) in [5, 5.41) is 2.61. The summed E-state index contributed by atoms with van der Waals surface area (Å²) in [6.07, 6.45) is 1.06. The lowest BCUT2D eigenvalue weighted by Crippen LogP contribution is -2.14. The number of carbonyl (C=O) groups excluding carboxylic acids is 1. The topological polar surface area (TPSA) is 51.2 Å². The third-order valence-electron chi connectivity index (χ3n) is 2.44. The van der Waals surface area contributed by atoms with Crippen LogP contribution in [0, 0.1) is 5.82 Å². The fourth-order valence-corrected chi connectivity index (χ4v) is 1.62. The number of halogens is 1. The second kappa shape index (κ2) is 5.95. The maximum atomic E-state index is 12.9. The van der Waals surface area contributed by atoms with Crippen molar-refractivity contribution in [1.29, 1.82) is 0 Å². The first-order chi connectivity index (χ1) is 9.20. The molecule has 0 saturated carbocycles. The molecule has 0 saturated heterocycles. The zero-order valence-corrected chi connectivity index (χ0v) is 10.4. The molecule has 2 rings (SSSR count). The Hall–Kier alpha value is -2.43. The fourth-order valence-electron chi connectivity index (χ4n) is 1.62. The van der Waals surface area contributed by atoms with Gasteiger partial charge in [-0.1, -0.05) is 0 Å². The minimum Gasteiger partial charge on any atom is -0.450 e. The molecule has 1 heterocycles. The predicted octanol–water partition coefficient (Wildman–Crippen LogP) is 3.46. The molecule has 1 N–H and O–H groups in total. The number of pyridine rings is 1. The van der Waals surface area contributed by atoms with Crippen molar-refractivity contribution in [3.8, 4) is 11.3 Å². The van der Waals surface area contributed by atoms with Crippen molar-refractivity contribution in [3.05, 3.63) is 48.4 Å². The van der Waals surface area contributed by atoms with Gasteiger partial charge in [0.05, 0.1) is 18.0 Å². The van der Waals surface area contributed by atoms with E-state index in [2.05, 4.69) is 10.3 Å². The lowest BCUT2D eigenvalue weighted by atomic mass is 10.1. The molecule has 0 aliphatic rings. The van der Waals surface area contributed by atoms with Crippen LogP contribution in [0.25, 0.3) is 11.3 Å². The first-order valence-electron chi connectivity index (χ1n) is 5.85. The minimum absolute atomic E-state index is 0.290. The average Bonchev–Trinajstić information content (AvgIpc) is 2.41. The van der Waals surface area contributed by atoms with Gasteiger partial charge in [-0.05, 0) is 43.3 Å². The fraction of sp³-hybridized carbons (Fsp3) is 0.143. The molecule has 98 valence electrons. The number of aromatic nitrogens is 1. The molecule has 2 aromatic rings. The number of nitrogens with zero attached hydrogens (tertiary/aromatic N) is 1. The van der Waals surface area contributed by atoms with Crippen LogP contribution in [0.4, 0.5) is 14.9 Å². The summed E-state index contributed by atoms with van der Waals surface area (Å²) in [7, 11) is 0. The first-order valence-corrected chi connectivity index (χ1v) is 5.85. The molecule has 1 aromatic heterocycles.